The van der Waals surface area contributed by atoms with E-state index < -0.39 is 0 Å². The zero-order valence-electron chi connectivity index (χ0n) is 14.6. The predicted molar refractivity (Wildman–Crippen MR) is 95.9 cm³/mol. The number of fused-ring (bicyclic) bond motifs is 2. The van der Waals surface area contributed by atoms with E-state index in [2.05, 4.69) is 29.9 Å². The molecule has 0 unspecified atom stereocenters. The van der Waals surface area contributed by atoms with Crippen molar-refractivity contribution in [1.29, 1.82) is 0 Å². The fourth-order valence-electron chi connectivity index (χ4n) is 3.41. The van der Waals surface area contributed by atoms with Gasteiger partial charge in [-0.25, -0.2) is 9.48 Å². The van der Waals surface area contributed by atoms with Crippen molar-refractivity contribution in [2.24, 2.45) is 0 Å². The van der Waals surface area contributed by atoms with Crippen LogP contribution in [0.2, 0.25) is 0 Å². The second-order valence-corrected chi connectivity index (χ2v) is 7.11. The number of aromatic nitrogens is 3. The third-order valence-corrected chi connectivity index (χ3v) is 4.47. The second-order valence-electron chi connectivity index (χ2n) is 7.11. The molecule has 0 radical (unpaired) electrons. The van der Waals surface area contributed by atoms with Crippen LogP contribution in [0.15, 0.2) is 53.5 Å². The number of para-hydroxylation sites is 1. The maximum atomic E-state index is 12.4. The van der Waals surface area contributed by atoms with Crippen LogP contribution in [0.25, 0.3) is 5.65 Å². The van der Waals surface area contributed by atoms with Crippen LogP contribution in [-0.2, 0) is 13.1 Å². The van der Waals surface area contributed by atoms with Crippen molar-refractivity contribution in [3.05, 3.63) is 64.7 Å². The first-order valence-corrected chi connectivity index (χ1v) is 8.55. The molecular weight excluding hydrogens is 316 g/mol. The van der Waals surface area contributed by atoms with Gasteiger partial charge in [0.05, 0.1) is 6.54 Å². The van der Waals surface area contributed by atoms with E-state index in [9.17, 15) is 4.79 Å². The molecule has 4 rings (SSSR count). The van der Waals surface area contributed by atoms with E-state index in [-0.39, 0.29) is 11.3 Å². The molecule has 1 aliphatic rings. The molecule has 0 fully saturated rings. The van der Waals surface area contributed by atoms with Crippen LogP contribution in [0.1, 0.15) is 19.4 Å². The third-order valence-electron chi connectivity index (χ3n) is 4.47. The minimum atomic E-state index is -0.281. The van der Waals surface area contributed by atoms with Gasteiger partial charge in [-0.15, -0.1) is 5.10 Å². The van der Waals surface area contributed by atoms with Crippen molar-refractivity contribution < 1.29 is 4.74 Å². The molecule has 0 amide bonds. The molecule has 1 aliphatic heterocycles. The summed E-state index contributed by atoms with van der Waals surface area (Å²) >= 11 is 0. The number of benzene rings is 1. The summed E-state index contributed by atoms with van der Waals surface area (Å²) in [6, 6.07) is 13.7. The zero-order chi connectivity index (χ0) is 17.4. The van der Waals surface area contributed by atoms with E-state index in [1.807, 2.05) is 36.4 Å². The summed E-state index contributed by atoms with van der Waals surface area (Å²) in [5.74, 6) is 0.944. The van der Waals surface area contributed by atoms with Crippen molar-refractivity contribution in [3.8, 4) is 5.75 Å². The zero-order valence-corrected chi connectivity index (χ0v) is 14.6. The largest absolute Gasteiger partial charge is 0.486 e. The Labute approximate surface area is 146 Å². The van der Waals surface area contributed by atoms with Crippen LogP contribution in [-0.4, -0.2) is 37.8 Å². The molecule has 0 atom stereocenters. The van der Waals surface area contributed by atoms with Crippen LogP contribution >= 0.6 is 0 Å². The fourth-order valence-corrected chi connectivity index (χ4v) is 3.41. The molecule has 2 aromatic heterocycles. The Balaban J connectivity index is 1.55. The Morgan fingerprint density at radius 1 is 1.12 bits per heavy atom. The van der Waals surface area contributed by atoms with Gasteiger partial charge in [-0.3, -0.25) is 9.30 Å². The standard InChI is InChI=1S/C19H22N4O2/c1-19(2)14-21(13-15-7-3-4-8-16(15)25-19)11-12-23-18(24)22-10-6-5-9-17(22)20-23/h3-10H,11-14H2,1-2H3. The van der Waals surface area contributed by atoms with Gasteiger partial charge < -0.3 is 4.74 Å². The van der Waals surface area contributed by atoms with Crippen molar-refractivity contribution in [1.82, 2.24) is 19.1 Å². The van der Waals surface area contributed by atoms with Crippen molar-refractivity contribution in [2.45, 2.75) is 32.5 Å². The van der Waals surface area contributed by atoms with Crippen LogP contribution in [0.3, 0.4) is 0 Å². The summed E-state index contributed by atoms with van der Waals surface area (Å²) in [6.45, 7) is 7.09. The highest BCUT2D eigenvalue weighted by Gasteiger charge is 2.28. The number of hydrogen-bond acceptors (Lipinski definition) is 4. The molecule has 0 N–H and O–H groups in total. The molecule has 3 heterocycles. The molecule has 25 heavy (non-hydrogen) atoms. The minimum Gasteiger partial charge on any atom is -0.486 e. The highest BCUT2D eigenvalue weighted by molar-refractivity contribution is 5.36. The summed E-state index contributed by atoms with van der Waals surface area (Å²) < 4.78 is 9.28. The van der Waals surface area contributed by atoms with Gasteiger partial charge in [-0.2, -0.15) is 0 Å². The van der Waals surface area contributed by atoms with Gasteiger partial charge in [0.1, 0.15) is 11.4 Å². The van der Waals surface area contributed by atoms with E-state index in [4.69, 9.17) is 4.74 Å². The average Bonchev–Trinajstić information content (AvgIpc) is 2.82. The Kier molecular flexibility index (Phi) is 3.84. The third kappa shape index (κ3) is 3.17. The van der Waals surface area contributed by atoms with E-state index >= 15 is 0 Å². The maximum Gasteiger partial charge on any atom is 0.350 e. The molecule has 0 saturated carbocycles. The summed E-state index contributed by atoms with van der Waals surface area (Å²) in [5, 5.41) is 4.41. The van der Waals surface area contributed by atoms with Gasteiger partial charge in [-0.1, -0.05) is 24.3 Å². The van der Waals surface area contributed by atoms with Crippen molar-refractivity contribution >= 4 is 5.65 Å². The number of pyridine rings is 1. The molecule has 3 aromatic rings. The topological polar surface area (TPSA) is 51.8 Å². The first kappa shape index (κ1) is 15.9. The first-order valence-electron chi connectivity index (χ1n) is 8.55. The van der Waals surface area contributed by atoms with Crippen molar-refractivity contribution in [2.75, 3.05) is 13.1 Å². The Bertz CT molecular complexity index is 957. The molecule has 6 nitrogen and oxygen atoms in total. The Morgan fingerprint density at radius 2 is 1.92 bits per heavy atom. The van der Waals surface area contributed by atoms with Gasteiger partial charge in [-0.05, 0) is 32.0 Å². The van der Waals surface area contributed by atoms with E-state index in [0.29, 0.717) is 12.2 Å². The lowest BCUT2D eigenvalue weighted by Gasteiger charge is -2.29. The molecule has 130 valence electrons. The highest BCUT2D eigenvalue weighted by Crippen LogP contribution is 2.28. The Hall–Kier alpha value is -2.60. The number of nitrogens with zero attached hydrogens (tertiary/aromatic N) is 4. The molecule has 0 aliphatic carbocycles. The molecular formula is C19H22N4O2. The predicted octanol–water partition coefficient (Wildman–Crippen LogP) is 2.17. The number of rotatable bonds is 3. The monoisotopic (exact) mass is 338 g/mol. The van der Waals surface area contributed by atoms with E-state index in [1.165, 1.54) is 5.56 Å². The molecule has 6 heteroatoms. The summed E-state index contributed by atoms with van der Waals surface area (Å²) in [6.07, 6.45) is 1.75. The van der Waals surface area contributed by atoms with Gasteiger partial charge in [0, 0.05) is 31.4 Å². The van der Waals surface area contributed by atoms with Gasteiger partial charge in [0.15, 0.2) is 5.65 Å². The molecule has 0 saturated heterocycles. The van der Waals surface area contributed by atoms with Crippen LogP contribution in [0.5, 0.6) is 5.75 Å². The lowest BCUT2D eigenvalue weighted by Crippen LogP contribution is -2.42. The lowest BCUT2D eigenvalue weighted by atomic mass is 10.1. The normalized spacial score (nSPS) is 17.0. The van der Waals surface area contributed by atoms with Gasteiger partial charge >= 0.3 is 5.69 Å². The lowest BCUT2D eigenvalue weighted by molar-refractivity contribution is 0.0692. The molecule has 1 aromatic carbocycles. The highest BCUT2D eigenvalue weighted by atomic mass is 16.5. The van der Waals surface area contributed by atoms with Gasteiger partial charge in [0.2, 0.25) is 0 Å². The van der Waals surface area contributed by atoms with E-state index in [1.54, 1.807) is 15.3 Å². The average molecular weight is 338 g/mol. The SMILES string of the molecule is CC1(C)CN(CCn2nc3ccccn3c2=O)Cc2ccccc2O1. The molecule has 0 bridgehead atoms. The van der Waals surface area contributed by atoms with E-state index in [0.717, 1.165) is 25.4 Å². The minimum absolute atomic E-state index is 0.0960. The summed E-state index contributed by atoms with van der Waals surface area (Å²) in [4.78, 5) is 14.7. The fraction of sp³-hybridized carbons (Fsp3) is 0.368. The molecule has 0 spiro atoms. The van der Waals surface area contributed by atoms with Gasteiger partial charge in [0.25, 0.3) is 0 Å². The summed E-state index contributed by atoms with van der Waals surface area (Å²) in [5.41, 5.74) is 1.48. The first-order chi connectivity index (χ1) is 12.0. The second kappa shape index (κ2) is 6.04. The van der Waals surface area contributed by atoms with Crippen molar-refractivity contribution in [3.63, 3.8) is 0 Å². The van der Waals surface area contributed by atoms with Crippen LogP contribution in [0, 0.1) is 0 Å². The number of ether oxygens (including phenoxy) is 1. The summed E-state index contributed by atoms with van der Waals surface area (Å²) in [7, 11) is 0. The van der Waals surface area contributed by atoms with Crippen LogP contribution < -0.4 is 10.4 Å². The smallest absolute Gasteiger partial charge is 0.350 e. The quantitative estimate of drug-likeness (QED) is 0.734. The number of hydrogen-bond donors (Lipinski definition) is 0. The van der Waals surface area contributed by atoms with Crippen LogP contribution in [0.4, 0.5) is 0 Å². The maximum absolute atomic E-state index is 12.4. The Morgan fingerprint density at radius 3 is 2.76 bits per heavy atom.